The maximum absolute atomic E-state index is 5.22. The molecule has 9 aromatic carbocycles. The van der Waals surface area contributed by atoms with Crippen molar-refractivity contribution in [2.24, 2.45) is 0 Å². The zero-order chi connectivity index (χ0) is 36.3. The minimum atomic E-state index is 0.694. The lowest BCUT2D eigenvalue weighted by molar-refractivity contribution is 1.05. The van der Waals surface area contributed by atoms with Crippen LogP contribution in [-0.2, 0) is 0 Å². The summed E-state index contributed by atoms with van der Waals surface area (Å²) in [4.78, 5) is 10.4. The number of hydrogen-bond acceptors (Lipinski definition) is 2. The van der Waals surface area contributed by atoms with Gasteiger partial charge in [-0.15, -0.1) is 0 Å². The molecule has 55 heavy (non-hydrogen) atoms. The molecule has 0 fully saturated rings. The molecule has 3 nitrogen and oxygen atoms in total. The highest BCUT2D eigenvalue weighted by atomic mass is 15.1. The lowest BCUT2D eigenvalue weighted by atomic mass is 9.84. The van der Waals surface area contributed by atoms with Crippen LogP contribution in [0.5, 0.6) is 0 Å². The molecule has 0 aliphatic carbocycles. The van der Waals surface area contributed by atoms with E-state index >= 15 is 0 Å². The fourth-order valence-electron chi connectivity index (χ4n) is 8.55. The summed E-state index contributed by atoms with van der Waals surface area (Å²) < 4.78 is 2.27. The van der Waals surface area contributed by atoms with Crippen molar-refractivity contribution in [3.05, 3.63) is 200 Å². The standard InChI is InChI=1S/C52H33N3/c1-3-16-36(17-4-1)50-43-24-10-9-23-42(43)49(44-32-31-34-15-7-8-20-39(34)51(44)50)37-29-27-35(28-30-37)45-33-48(54-52(53-45)38-18-5-2-6-19-38)55-46-25-13-11-21-40(46)41-22-12-14-26-47(41)55/h1-33H. The van der Waals surface area contributed by atoms with Gasteiger partial charge in [0, 0.05) is 28.0 Å². The zero-order valence-corrected chi connectivity index (χ0v) is 29.9. The van der Waals surface area contributed by atoms with Gasteiger partial charge in [0.25, 0.3) is 0 Å². The number of rotatable bonds is 5. The van der Waals surface area contributed by atoms with Gasteiger partial charge in [-0.1, -0.05) is 182 Å². The molecule has 0 spiro atoms. The van der Waals surface area contributed by atoms with Crippen LogP contribution < -0.4 is 0 Å². The average Bonchev–Trinajstić information content (AvgIpc) is 3.60. The van der Waals surface area contributed by atoms with Gasteiger partial charge in [0.05, 0.1) is 16.7 Å². The number of para-hydroxylation sites is 2. The summed E-state index contributed by atoms with van der Waals surface area (Å²) in [5, 5.41) is 9.90. The summed E-state index contributed by atoms with van der Waals surface area (Å²) in [6.07, 6.45) is 0. The van der Waals surface area contributed by atoms with Crippen LogP contribution in [0.25, 0.3) is 105 Å². The van der Waals surface area contributed by atoms with Crippen LogP contribution in [-0.4, -0.2) is 14.5 Å². The van der Waals surface area contributed by atoms with E-state index in [0.29, 0.717) is 5.82 Å². The molecule has 11 rings (SSSR count). The van der Waals surface area contributed by atoms with Crippen LogP contribution in [0.2, 0.25) is 0 Å². The van der Waals surface area contributed by atoms with Crippen molar-refractivity contribution in [3.63, 3.8) is 0 Å². The molecule has 0 atom stereocenters. The number of aromatic nitrogens is 3. The normalized spacial score (nSPS) is 11.6. The summed E-state index contributed by atoms with van der Waals surface area (Å²) in [6, 6.07) is 71.5. The first-order valence-corrected chi connectivity index (χ1v) is 18.8. The molecule has 0 bridgehead atoms. The Morgan fingerprint density at radius 1 is 0.327 bits per heavy atom. The highest BCUT2D eigenvalue weighted by molar-refractivity contribution is 6.27. The molecular formula is C52H33N3. The second kappa shape index (κ2) is 12.6. The van der Waals surface area contributed by atoms with Gasteiger partial charge in [0.1, 0.15) is 5.82 Å². The Morgan fingerprint density at radius 3 is 1.51 bits per heavy atom. The predicted molar refractivity (Wildman–Crippen MR) is 231 cm³/mol. The maximum atomic E-state index is 5.22. The molecule has 256 valence electrons. The van der Waals surface area contributed by atoms with Gasteiger partial charge in [0.2, 0.25) is 0 Å². The van der Waals surface area contributed by atoms with E-state index in [-0.39, 0.29) is 0 Å². The summed E-state index contributed by atoms with van der Waals surface area (Å²) in [7, 11) is 0. The third-order valence-corrected chi connectivity index (χ3v) is 11.0. The van der Waals surface area contributed by atoms with Crippen molar-refractivity contribution in [1.29, 1.82) is 0 Å². The van der Waals surface area contributed by atoms with Gasteiger partial charge in [-0.05, 0) is 66.7 Å². The lowest BCUT2D eigenvalue weighted by Gasteiger charge is -2.19. The molecule has 0 saturated heterocycles. The smallest absolute Gasteiger partial charge is 0.162 e. The Balaban J connectivity index is 1.13. The Labute approximate surface area is 318 Å². The molecule has 2 aromatic heterocycles. The molecule has 0 N–H and O–H groups in total. The Morgan fingerprint density at radius 2 is 0.836 bits per heavy atom. The molecular weight excluding hydrogens is 667 g/mol. The summed E-state index contributed by atoms with van der Waals surface area (Å²) in [6.45, 7) is 0. The first-order valence-electron chi connectivity index (χ1n) is 18.8. The fraction of sp³-hybridized carbons (Fsp3) is 0. The van der Waals surface area contributed by atoms with Crippen LogP contribution in [0.4, 0.5) is 0 Å². The van der Waals surface area contributed by atoms with Gasteiger partial charge in [-0.3, -0.25) is 4.57 Å². The van der Waals surface area contributed by atoms with E-state index in [2.05, 4.69) is 187 Å². The van der Waals surface area contributed by atoms with Crippen LogP contribution in [0.1, 0.15) is 0 Å². The lowest BCUT2D eigenvalue weighted by Crippen LogP contribution is -2.02. The van der Waals surface area contributed by atoms with Crippen molar-refractivity contribution in [3.8, 4) is 50.7 Å². The topological polar surface area (TPSA) is 30.7 Å². The minimum Gasteiger partial charge on any atom is -0.294 e. The van der Waals surface area contributed by atoms with Crippen molar-refractivity contribution >= 4 is 54.1 Å². The number of benzene rings is 9. The van der Waals surface area contributed by atoms with Gasteiger partial charge in [-0.25, -0.2) is 9.97 Å². The molecule has 0 radical (unpaired) electrons. The van der Waals surface area contributed by atoms with Crippen molar-refractivity contribution in [1.82, 2.24) is 14.5 Å². The Bertz CT molecular complexity index is 3180. The monoisotopic (exact) mass is 699 g/mol. The average molecular weight is 700 g/mol. The molecule has 0 amide bonds. The number of hydrogen-bond donors (Lipinski definition) is 0. The predicted octanol–water partition coefficient (Wildman–Crippen LogP) is 13.7. The molecule has 0 aliphatic rings. The molecule has 0 saturated carbocycles. The van der Waals surface area contributed by atoms with Crippen LogP contribution in [0.3, 0.4) is 0 Å². The quantitative estimate of drug-likeness (QED) is 0.132. The van der Waals surface area contributed by atoms with E-state index in [1.54, 1.807) is 0 Å². The van der Waals surface area contributed by atoms with E-state index in [1.807, 2.05) is 18.2 Å². The minimum absolute atomic E-state index is 0.694. The molecule has 3 heteroatoms. The summed E-state index contributed by atoms with van der Waals surface area (Å²) in [5.41, 5.74) is 10.0. The molecule has 0 unspecified atom stereocenters. The highest BCUT2D eigenvalue weighted by Gasteiger charge is 2.20. The van der Waals surface area contributed by atoms with Gasteiger partial charge in [-0.2, -0.15) is 0 Å². The molecule has 0 aliphatic heterocycles. The van der Waals surface area contributed by atoms with Crippen LogP contribution in [0, 0.1) is 0 Å². The SMILES string of the molecule is c1ccc(-c2nc(-c3ccc(-c4c5ccccc5c(-c5ccccc5)c5c4ccc4ccccc45)cc3)cc(-n3c4ccccc4c4ccccc43)n2)cc1. The van der Waals surface area contributed by atoms with Crippen molar-refractivity contribution in [2.75, 3.05) is 0 Å². The van der Waals surface area contributed by atoms with Crippen LogP contribution in [0.15, 0.2) is 200 Å². The highest BCUT2D eigenvalue weighted by Crippen LogP contribution is 2.46. The zero-order valence-electron chi connectivity index (χ0n) is 29.9. The Hall–Kier alpha value is -7.36. The van der Waals surface area contributed by atoms with Crippen molar-refractivity contribution in [2.45, 2.75) is 0 Å². The van der Waals surface area contributed by atoms with Gasteiger partial charge >= 0.3 is 0 Å². The van der Waals surface area contributed by atoms with E-state index in [0.717, 1.165) is 33.7 Å². The summed E-state index contributed by atoms with van der Waals surface area (Å²) in [5.74, 6) is 1.53. The number of nitrogens with zero attached hydrogens (tertiary/aromatic N) is 3. The van der Waals surface area contributed by atoms with E-state index in [9.17, 15) is 0 Å². The Kier molecular flexibility index (Phi) is 7.17. The second-order valence-electron chi connectivity index (χ2n) is 14.1. The molecule has 2 heterocycles. The van der Waals surface area contributed by atoms with Gasteiger partial charge in [0.15, 0.2) is 5.82 Å². The second-order valence-corrected chi connectivity index (χ2v) is 14.1. The molecule has 11 aromatic rings. The fourth-order valence-corrected chi connectivity index (χ4v) is 8.55. The van der Waals surface area contributed by atoms with Crippen molar-refractivity contribution < 1.29 is 0 Å². The first-order chi connectivity index (χ1) is 27.3. The van der Waals surface area contributed by atoms with Gasteiger partial charge < -0.3 is 0 Å². The summed E-state index contributed by atoms with van der Waals surface area (Å²) >= 11 is 0. The number of fused-ring (bicyclic) bond motifs is 7. The first kappa shape index (κ1) is 31.2. The van der Waals surface area contributed by atoms with Crippen LogP contribution >= 0.6 is 0 Å². The van der Waals surface area contributed by atoms with E-state index < -0.39 is 0 Å². The van der Waals surface area contributed by atoms with E-state index in [1.165, 1.54) is 65.3 Å². The third kappa shape index (κ3) is 5.05. The third-order valence-electron chi connectivity index (χ3n) is 11.0. The maximum Gasteiger partial charge on any atom is 0.162 e. The van der Waals surface area contributed by atoms with E-state index in [4.69, 9.17) is 9.97 Å². The largest absolute Gasteiger partial charge is 0.294 e.